The summed E-state index contributed by atoms with van der Waals surface area (Å²) in [6.45, 7) is 10.4. The molecule has 1 rings (SSSR count). The van der Waals surface area contributed by atoms with Crippen molar-refractivity contribution >= 4 is 21.8 Å². The van der Waals surface area contributed by atoms with Gasteiger partial charge in [-0.05, 0) is 26.8 Å². The minimum absolute atomic E-state index is 0.0432. The lowest BCUT2D eigenvalue weighted by Crippen LogP contribution is -2.47. The van der Waals surface area contributed by atoms with Crippen molar-refractivity contribution in [2.75, 3.05) is 31.1 Å². The first-order chi connectivity index (χ1) is 8.23. The smallest absolute Gasteiger partial charge is 0.214 e. The topological polar surface area (TPSA) is 49.4 Å². The van der Waals surface area contributed by atoms with Gasteiger partial charge in [-0.3, -0.25) is 0 Å². The van der Waals surface area contributed by atoms with Crippen LogP contribution in [0.25, 0.3) is 0 Å². The van der Waals surface area contributed by atoms with E-state index in [1.807, 2.05) is 11.8 Å². The SMILES string of the molecule is CC(C)NCCCS(=O)(=O)N1CCSC(C)(C)C1. The fraction of sp³-hybridized carbons (Fsp3) is 1.00. The van der Waals surface area contributed by atoms with Gasteiger partial charge in [0.1, 0.15) is 0 Å². The summed E-state index contributed by atoms with van der Waals surface area (Å²) in [7, 11) is -3.07. The molecule has 1 fully saturated rings. The third-order valence-corrected chi connectivity index (χ3v) is 6.12. The number of hydrogen-bond donors (Lipinski definition) is 1. The van der Waals surface area contributed by atoms with Gasteiger partial charge >= 0.3 is 0 Å². The normalized spacial score (nSPS) is 21.4. The molecular formula is C12H26N2O2S2. The average molecular weight is 294 g/mol. The number of thioether (sulfide) groups is 1. The summed E-state index contributed by atoms with van der Waals surface area (Å²) in [6.07, 6.45) is 0.685. The Morgan fingerprint density at radius 3 is 2.61 bits per heavy atom. The summed E-state index contributed by atoms with van der Waals surface area (Å²) in [5.41, 5.74) is 0. The van der Waals surface area contributed by atoms with Gasteiger partial charge in [-0.1, -0.05) is 13.8 Å². The Kier molecular flexibility index (Phi) is 5.96. The zero-order valence-corrected chi connectivity index (χ0v) is 13.5. The molecule has 0 bridgehead atoms. The van der Waals surface area contributed by atoms with Gasteiger partial charge in [-0.15, -0.1) is 0 Å². The van der Waals surface area contributed by atoms with E-state index >= 15 is 0 Å². The van der Waals surface area contributed by atoms with Crippen LogP contribution < -0.4 is 5.32 Å². The predicted molar refractivity (Wildman–Crippen MR) is 79.7 cm³/mol. The van der Waals surface area contributed by atoms with E-state index in [0.29, 0.717) is 25.6 Å². The highest BCUT2D eigenvalue weighted by molar-refractivity contribution is 8.00. The van der Waals surface area contributed by atoms with Crippen molar-refractivity contribution in [3.8, 4) is 0 Å². The van der Waals surface area contributed by atoms with Crippen LogP contribution in [0.2, 0.25) is 0 Å². The zero-order valence-electron chi connectivity index (χ0n) is 11.9. The molecule has 0 amide bonds. The van der Waals surface area contributed by atoms with Crippen LogP contribution in [0, 0.1) is 0 Å². The molecule has 0 aromatic carbocycles. The first-order valence-corrected chi connectivity index (χ1v) is 9.18. The van der Waals surface area contributed by atoms with E-state index < -0.39 is 10.0 Å². The summed E-state index contributed by atoms with van der Waals surface area (Å²) >= 11 is 1.85. The second-order valence-electron chi connectivity index (χ2n) is 5.72. The van der Waals surface area contributed by atoms with E-state index in [4.69, 9.17) is 0 Å². The van der Waals surface area contributed by atoms with Crippen molar-refractivity contribution in [1.82, 2.24) is 9.62 Å². The van der Waals surface area contributed by atoms with Gasteiger partial charge in [0, 0.05) is 29.6 Å². The minimum atomic E-state index is -3.07. The predicted octanol–water partition coefficient (Wildman–Crippen LogP) is 1.53. The molecule has 1 saturated heterocycles. The zero-order chi connectivity index (χ0) is 13.8. The summed E-state index contributed by atoms with van der Waals surface area (Å²) in [4.78, 5) is 0. The summed E-state index contributed by atoms with van der Waals surface area (Å²) in [5, 5.41) is 3.25. The van der Waals surface area contributed by atoms with Gasteiger partial charge in [0.25, 0.3) is 0 Å². The third kappa shape index (κ3) is 5.47. The van der Waals surface area contributed by atoms with Crippen molar-refractivity contribution in [2.24, 2.45) is 0 Å². The number of hydrogen-bond acceptors (Lipinski definition) is 4. The molecule has 1 heterocycles. The highest BCUT2D eigenvalue weighted by Gasteiger charge is 2.33. The Morgan fingerprint density at radius 2 is 2.06 bits per heavy atom. The first-order valence-electron chi connectivity index (χ1n) is 6.58. The fourth-order valence-corrected chi connectivity index (χ4v) is 4.95. The van der Waals surface area contributed by atoms with Crippen LogP contribution in [0.5, 0.6) is 0 Å². The maximum atomic E-state index is 12.2. The summed E-state index contributed by atoms with van der Waals surface area (Å²) in [5.74, 6) is 1.16. The highest BCUT2D eigenvalue weighted by atomic mass is 32.2. The molecule has 0 spiro atoms. The maximum absolute atomic E-state index is 12.2. The molecule has 0 unspecified atom stereocenters. The molecule has 0 saturated carbocycles. The summed E-state index contributed by atoms with van der Waals surface area (Å²) in [6, 6.07) is 0.415. The maximum Gasteiger partial charge on any atom is 0.214 e. The van der Waals surface area contributed by atoms with Crippen LogP contribution in [0.3, 0.4) is 0 Å². The Balaban J connectivity index is 2.43. The Morgan fingerprint density at radius 1 is 1.39 bits per heavy atom. The van der Waals surface area contributed by atoms with Crippen LogP contribution in [0.15, 0.2) is 0 Å². The van der Waals surface area contributed by atoms with Crippen molar-refractivity contribution in [1.29, 1.82) is 0 Å². The second kappa shape index (κ2) is 6.59. The van der Waals surface area contributed by atoms with Gasteiger partial charge in [-0.2, -0.15) is 16.1 Å². The molecule has 1 aliphatic heterocycles. The molecule has 0 aliphatic carbocycles. The van der Waals surface area contributed by atoms with Crippen LogP contribution in [-0.4, -0.2) is 54.7 Å². The van der Waals surface area contributed by atoms with Crippen LogP contribution in [0.1, 0.15) is 34.1 Å². The monoisotopic (exact) mass is 294 g/mol. The first kappa shape index (κ1) is 16.3. The molecule has 4 nitrogen and oxygen atoms in total. The van der Waals surface area contributed by atoms with Gasteiger partial charge in [0.15, 0.2) is 0 Å². The van der Waals surface area contributed by atoms with Crippen LogP contribution >= 0.6 is 11.8 Å². The molecule has 6 heteroatoms. The van der Waals surface area contributed by atoms with Crippen molar-refractivity contribution in [3.05, 3.63) is 0 Å². The standard InChI is InChI=1S/C12H26N2O2S2/c1-11(2)13-6-5-9-18(15,16)14-7-8-17-12(3,4)10-14/h11,13H,5-10H2,1-4H3. The van der Waals surface area contributed by atoms with Gasteiger partial charge < -0.3 is 5.32 Å². The quantitative estimate of drug-likeness (QED) is 0.755. The van der Waals surface area contributed by atoms with Crippen LogP contribution in [-0.2, 0) is 10.0 Å². The number of sulfonamides is 1. The molecule has 0 atom stereocenters. The van der Waals surface area contributed by atoms with E-state index in [1.54, 1.807) is 4.31 Å². The van der Waals surface area contributed by atoms with Crippen molar-refractivity contribution < 1.29 is 8.42 Å². The summed E-state index contributed by atoms with van der Waals surface area (Å²) < 4.78 is 26.1. The van der Waals surface area contributed by atoms with Gasteiger partial charge in [0.05, 0.1) is 5.75 Å². The lowest BCUT2D eigenvalue weighted by atomic mass is 10.2. The largest absolute Gasteiger partial charge is 0.314 e. The number of rotatable bonds is 6. The Labute approximate surface area is 116 Å². The number of nitrogens with zero attached hydrogens (tertiary/aromatic N) is 1. The molecule has 108 valence electrons. The van der Waals surface area contributed by atoms with Crippen molar-refractivity contribution in [3.63, 3.8) is 0 Å². The molecule has 1 aliphatic rings. The third-order valence-electron chi connectivity index (χ3n) is 2.92. The second-order valence-corrected chi connectivity index (χ2v) is 9.61. The van der Waals surface area contributed by atoms with Gasteiger partial charge in [-0.25, -0.2) is 8.42 Å². The fourth-order valence-electron chi connectivity index (χ4n) is 1.98. The van der Waals surface area contributed by atoms with Crippen molar-refractivity contribution in [2.45, 2.75) is 44.9 Å². The van der Waals surface area contributed by atoms with E-state index in [9.17, 15) is 8.42 Å². The Bertz CT molecular complexity index is 353. The Hall–Kier alpha value is 0.220. The molecule has 0 radical (unpaired) electrons. The molecule has 1 N–H and O–H groups in total. The van der Waals surface area contributed by atoms with E-state index in [0.717, 1.165) is 12.3 Å². The molecule has 0 aromatic heterocycles. The van der Waals surface area contributed by atoms with Gasteiger partial charge in [0.2, 0.25) is 10.0 Å². The molecule has 0 aromatic rings. The van der Waals surface area contributed by atoms with Crippen LogP contribution in [0.4, 0.5) is 0 Å². The van der Waals surface area contributed by atoms with E-state index in [2.05, 4.69) is 33.0 Å². The average Bonchev–Trinajstić information content (AvgIpc) is 2.23. The number of nitrogens with one attached hydrogen (secondary N) is 1. The molecular weight excluding hydrogens is 268 g/mol. The van der Waals surface area contributed by atoms with E-state index in [-0.39, 0.29) is 10.5 Å². The lowest BCUT2D eigenvalue weighted by molar-refractivity contribution is 0.386. The lowest BCUT2D eigenvalue weighted by Gasteiger charge is -2.36. The highest BCUT2D eigenvalue weighted by Crippen LogP contribution is 2.30. The molecule has 18 heavy (non-hydrogen) atoms. The minimum Gasteiger partial charge on any atom is -0.314 e. The van der Waals surface area contributed by atoms with E-state index in [1.165, 1.54) is 0 Å².